The summed E-state index contributed by atoms with van der Waals surface area (Å²) in [6.45, 7) is 1.05. The Kier molecular flexibility index (Phi) is 3.22. The Hall–Kier alpha value is -0.530. The monoisotopic (exact) mass is 180 g/mol. The smallest absolute Gasteiger partial charge is 0.0965 e. The molecule has 74 valence electrons. The summed E-state index contributed by atoms with van der Waals surface area (Å²) in [5.74, 6) is 1.30. The van der Waals surface area contributed by atoms with Crippen LogP contribution in [0.25, 0.3) is 0 Å². The number of aliphatic imine (C=N–C) groups is 1. The normalized spacial score (nSPS) is 25.4. The highest BCUT2D eigenvalue weighted by Gasteiger charge is 2.16. The highest BCUT2D eigenvalue weighted by molar-refractivity contribution is 5.82. The van der Waals surface area contributed by atoms with Crippen LogP contribution in [-0.4, -0.2) is 18.4 Å². The molecule has 0 bridgehead atoms. The van der Waals surface area contributed by atoms with Gasteiger partial charge in [0.25, 0.3) is 0 Å². The third-order valence-corrected chi connectivity index (χ3v) is 3.10. The molecule has 0 atom stereocenters. The van der Waals surface area contributed by atoms with Gasteiger partial charge in [0.15, 0.2) is 0 Å². The van der Waals surface area contributed by atoms with Gasteiger partial charge in [-0.3, -0.25) is 4.99 Å². The molecule has 0 amide bonds. The zero-order valence-electron chi connectivity index (χ0n) is 8.39. The summed E-state index contributed by atoms with van der Waals surface area (Å²) in [5.41, 5.74) is 0. The summed E-state index contributed by atoms with van der Waals surface area (Å²) in [6.07, 6.45) is 10.7. The number of nitrogens with zero attached hydrogens (tertiary/aromatic N) is 1. The van der Waals surface area contributed by atoms with Crippen molar-refractivity contribution in [1.82, 2.24) is 5.32 Å². The molecule has 2 nitrogen and oxygen atoms in total. The first kappa shape index (κ1) is 9.04. The van der Waals surface area contributed by atoms with Gasteiger partial charge in [0.05, 0.1) is 5.84 Å². The summed E-state index contributed by atoms with van der Waals surface area (Å²) in [4.78, 5) is 4.59. The van der Waals surface area contributed by atoms with Crippen LogP contribution in [0.15, 0.2) is 4.99 Å². The zero-order valence-corrected chi connectivity index (χ0v) is 8.39. The second kappa shape index (κ2) is 4.64. The molecular formula is C11H20N2. The van der Waals surface area contributed by atoms with Crippen molar-refractivity contribution in [2.75, 3.05) is 6.54 Å². The van der Waals surface area contributed by atoms with Crippen LogP contribution in [0.1, 0.15) is 51.4 Å². The van der Waals surface area contributed by atoms with Crippen molar-refractivity contribution in [3.8, 4) is 0 Å². The SMILES string of the molecule is C1CCN=C(NC2CCCC2)CC1. The van der Waals surface area contributed by atoms with E-state index in [0.717, 1.165) is 12.6 Å². The van der Waals surface area contributed by atoms with Crippen LogP contribution in [-0.2, 0) is 0 Å². The number of rotatable bonds is 1. The van der Waals surface area contributed by atoms with Crippen molar-refractivity contribution in [2.45, 2.75) is 57.4 Å². The molecule has 13 heavy (non-hydrogen) atoms. The Morgan fingerprint density at radius 2 is 1.85 bits per heavy atom. The minimum absolute atomic E-state index is 0.747. The van der Waals surface area contributed by atoms with Crippen molar-refractivity contribution in [3.63, 3.8) is 0 Å². The highest BCUT2D eigenvalue weighted by atomic mass is 15.0. The van der Waals surface area contributed by atoms with Crippen molar-refractivity contribution >= 4 is 5.84 Å². The first-order valence-corrected chi connectivity index (χ1v) is 5.75. The summed E-state index contributed by atoms with van der Waals surface area (Å²) in [5, 5.41) is 3.61. The van der Waals surface area contributed by atoms with Crippen LogP contribution in [0.5, 0.6) is 0 Å². The third-order valence-electron chi connectivity index (χ3n) is 3.10. The molecule has 1 heterocycles. The van der Waals surface area contributed by atoms with Gasteiger partial charge >= 0.3 is 0 Å². The van der Waals surface area contributed by atoms with Gasteiger partial charge in [-0.15, -0.1) is 0 Å². The molecule has 1 aliphatic heterocycles. The predicted octanol–water partition coefficient (Wildman–Crippen LogP) is 2.49. The molecule has 0 aromatic rings. The summed E-state index contributed by atoms with van der Waals surface area (Å²) in [7, 11) is 0. The molecular weight excluding hydrogens is 160 g/mol. The molecule has 0 spiro atoms. The van der Waals surface area contributed by atoms with Gasteiger partial charge < -0.3 is 5.32 Å². The molecule has 1 saturated carbocycles. The van der Waals surface area contributed by atoms with E-state index in [1.807, 2.05) is 0 Å². The van der Waals surface area contributed by atoms with E-state index in [0.29, 0.717) is 0 Å². The molecule has 2 aliphatic rings. The van der Waals surface area contributed by atoms with Gasteiger partial charge in [-0.2, -0.15) is 0 Å². The van der Waals surface area contributed by atoms with Gasteiger partial charge in [0.1, 0.15) is 0 Å². The van der Waals surface area contributed by atoms with Gasteiger partial charge in [-0.05, 0) is 25.7 Å². The average Bonchev–Trinajstić information content (AvgIpc) is 2.49. The summed E-state index contributed by atoms with van der Waals surface area (Å²) in [6, 6.07) is 0.747. The first-order valence-electron chi connectivity index (χ1n) is 5.75. The van der Waals surface area contributed by atoms with Crippen LogP contribution < -0.4 is 5.32 Å². The topological polar surface area (TPSA) is 24.4 Å². The maximum atomic E-state index is 4.59. The lowest BCUT2D eigenvalue weighted by Crippen LogP contribution is -2.32. The fourth-order valence-electron chi connectivity index (χ4n) is 2.30. The maximum absolute atomic E-state index is 4.59. The van der Waals surface area contributed by atoms with E-state index in [-0.39, 0.29) is 0 Å². The average molecular weight is 180 g/mol. The van der Waals surface area contributed by atoms with Gasteiger partial charge in [0.2, 0.25) is 0 Å². The molecule has 2 rings (SSSR count). The zero-order chi connectivity index (χ0) is 8.93. The Morgan fingerprint density at radius 3 is 2.69 bits per heavy atom. The second-order valence-corrected chi connectivity index (χ2v) is 4.26. The molecule has 0 saturated heterocycles. The molecule has 1 aliphatic carbocycles. The number of hydrogen-bond acceptors (Lipinski definition) is 2. The van der Waals surface area contributed by atoms with Crippen molar-refractivity contribution in [1.29, 1.82) is 0 Å². The molecule has 0 aromatic carbocycles. The number of amidine groups is 1. The van der Waals surface area contributed by atoms with E-state index < -0.39 is 0 Å². The maximum Gasteiger partial charge on any atom is 0.0965 e. The molecule has 0 unspecified atom stereocenters. The Bertz CT molecular complexity index is 181. The fraction of sp³-hybridized carbons (Fsp3) is 0.909. The predicted molar refractivity (Wildman–Crippen MR) is 56.2 cm³/mol. The van der Waals surface area contributed by atoms with Crippen LogP contribution in [0.2, 0.25) is 0 Å². The van der Waals surface area contributed by atoms with E-state index in [2.05, 4.69) is 10.3 Å². The lowest BCUT2D eigenvalue weighted by molar-refractivity contribution is 0.620. The molecule has 1 fully saturated rings. The molecule has 0 aromatic heterocycles. The first-order chi connectivity index (χ1) is 6.45. The minimum atomic E-state index is 0.747. The standard InChI is InChI=1S/C11H20N2/c1-2-8-11(12-9-5-1)13-10-6-3-4-7-10/h10H,1-9H2,(H,12,13). The van der Waals surface area contributed by atoms with E-state index in [9.17, 15) is 0 Å². The van der Waals surface area contributed by atoms with Crippen LogP contribution in [0.4, 0.5) is 0 Å². The largest absolute Gasteiger partial charge is 0.371 e. The van der Waals surface area contributed by atoms with E-state index >= 15 is 0 Å². The van der Waals surface area contributed by atoms with Crippen molar-refractivity contribution in [2.24, 2.45) is 4.99 Å². The Balaban J connectivity index is 1.81. The summed E-state index contributed by atoms with van der Waals surface area (Å²) >= 11 is 0. The van der Waals surface area contributed by atoms with E-state index in [1.165, 1.54) is 57.2 Å². The Labute approximate surface area is 80.8 Å². The van der Waals surface area contributed by atoms with Gasteiger partial charge in [-0.25, -0.2) is 0 Å². The minimum Gasteiger partial charge on any atom is -0.371 e. The van der Waals surface area contributed by atoms with E-state index in [4.69, 9.17) is 0 Å². The van der Waals surface area contributed by atoms with E-state index in [1.54, 1.807) is 0 Å². The lowest BCUT2D eigenvalue weighted by Gasteiger charge is -2.14. The third kappa shape index (κ3) is 2.71. The molecule has 1 N–H and O–H groups in total. The van der Waals surface area contributed by atoms with Crippen LogP contribution in [0, 0.1) is 0 Å². The quantitative estimate of drug-likeness (QED) is 0.658. The van der Waals surface area contributed by atoms with Gasteiger partial charge in [0, 0.05) is 19.0 Å². The van der Waals surface area contributed by atoms with Crippen LogP contribution >= 0.6 is 0 Å². The van der Waals surface area contributed by atoms with Crippen LogP contribution in [0.3, 0.4) is 0 Å². The fourth-order valence-corrected chi connectivity index (χ4v) is 2.30. The number of nitrogens with one attached hydrogen (secondary N) is 1. The summed E-state index contributed by atoms with van der Waals surface area (Å²) < 4.78 is 0. The molecule has 2 heteroatoms. The Morgan fingerprint density at radius 1 is 1.00 bits per heavy atom. The second-order valence-electron chi connectivity index (χ2n) is 4.26. The van der Waals surface area contributed by atoms with Gasteiger partial charge in [-0.1, -0.05) is 19.3 Å². The van der Waals surface area contributed by atoms with Crippen molar-refractivity contribution in [3.05, 3.63) is 0 Å². The lowest BCUT2D eigenvalue weighted by atomic mass is 10.2. The van der Waals surface area contributed by atoms with Crippen molar-refractivity contribution < 1.29 is 0 Å². The highest BCUT2D eigenvalue weighted by Crippen LogP contribution is 2.18. The number of hydrogen-bond donors (Lipinski definition) is 1. The molecule has 0 radical (unpaired) electrons.